The van der Waals surface area contributed by atoms with Crippen molar-refractivity contribution in [3.05, 3.63) is 63.1 Å². The van der Waals surface area contributed by atoms with Crippen molar-refractivity contribution in [2.45, 2.75) is 12.8 Å². The molecule has 2 N–H and O–H groups in total. The second-order valence-electron chi connectivity index (χ2n) is 4.89. The number of non-ortho nitro benzene ring substituents is 1. The van der Waals surface area contributed by atoms with E-state index in [2.05, 4.69) is 26.6 Å². The number of carbonyl (C=O) groups is 1. The second kappa shape index (κ2) is 8.28. The maximum atomic E-state index is 11.8. The van der Waals surface area contributed by atoms with E-state index in [0.29, 0.717) is 19.4 Å². The second-order valence-corrected chi connectivity index (χ2v) is 5.81. The number of hydrogen-bond donors (Lipinski definition) is 2. The van der Waals surface area contributed by atoms with Crippen molar-refractivity contribution < 1.29 is 9.72 Å². The van der Waals surface area contributed by atoms with Gasteiger partial charge in [0.25, 0.3) is 5.69 Å². The minimum absolute atomic E-state index is 0.0476. The van der Waals surface area contributed by atoms with Gasteiger partial charge in [0.05, 0.1) is 4.92 Å². The van der Waals surface area contributed by atoms with E-state index in [1.54, 1.807) is 12.1 Å². The standard InChI is InChI=1S/C16H16BrN3O3/c17-12-3-1-4-14(11-12)19-16(21)5-2-10-18-13-6-8-15(9-7-13)20(22)23/h1,3-4,6-9,11,18H,2,5,10H2,(H,19,21). The summed E-state index contributed by atoms with van der Waals surface area (Å²) in [5.41, 5.74) is 1.61. The molecule has 6 nitrogen and oxygen atoms in total. The zero-order chi connectivity index (χ0) is 16.7. The molecule has 0 fully saturated rings. The molecule has 1 amide bonds. The van der Waals surface area contributed by atoms with Crippen molar-refractivity contribution >= 4 is 38.9 Å². The number of anilines is 2. The van der Waals surface area contributed by atoms with Crippen LogP contribution < -0.4 is 10.6 Å². The minimum Gasteiger partial charge on any atom is -0.385 e. The van der Waals surface area contributed by atoms with Gasteiger partial charge in [0.15, 0.2) is 0 Å². The highest BCUT2D eigenvalue weighted by molar-refractivity contribution is 9.10. The third-order valence-electron chi connectivity index (χ3n) is 3.10. The number of benzene rings is 2. The molecule has 2 rings (SSSR count). The molecule has 0 saturated carbocycles. The Morgan fingerprint density at radius 3 is 2.52 bits per heavy atom. The van der Waals surface area contributed by atoms with Gasteiger partial charge in [-0.1, -0.05) is 22.0 Å². The lowest BCUT2D eigenvalue weighted by molar-refractivity contribution is -0.384. The topological polar surface area (TPSA) is 84.3 Å². The zero-order valence-corrected chi connectivity index (χ0v) is 13.9. The summed E-state index contributed by atoms with van der Waals surface area (Å²) in [7, 11) is 0. The molecule has 0 atom stereocenters. The van der Waals surface area contributed by atoms with Gasteiger partial charge in [-0.3, -0.25) is 14.9 Å². The van der Waals surface area contributed by atoms with Crippen LogP contribution in [0, 0.1) is 10.1 Å². The lowest BCUT2D eigenvalue weighted by Gasteiger charge is -2.07. The summed E-state index contributed by atoms with van der Waals surface area (Å²) >= 11 is 3.35. The van der Waals surface area contributed by atoms with Crippen molar-refractivity contribution in [1.82, 2.24) is 0 Å². The summed E-state index contributed by atoms with van der Waals surface area (Å²) < 4.78 is 0.912. The molecule has 0 aliphatic carbocycles. The van der Waals surface area contributed by atoms with E-state index in [0.717, 1.165) is 15.8 Å². The monoisotopic (exact) mass is 377 g/mol. The number of nitro groups is 1. The molecule has 0 aliphatic heterocycles. The van der Waals surface area contributed by atoms with Gasteiger partial charge in [-0.05, 0) is 36.8 Å². The molecule has 23 heavy (non-hydrogen) atoms. The van der Waals surface area contributed by atoms with Gasteiger partial charge in [0.2, 0.25) is 5.91 Å². The molecular formula is C16H16BrN3O3. The molecule has 2 aromatic carbocycles. The lowest BCUT2D eigenvalue weighted by Crippen LogP contribution is -2.13. The Hall–Kier alpha value is -2.41. The van der Waals surface area contributed by atoms with Crippen LogP contribution in [0.2, 0.25) is 0 Å². The van der Waals surface area contributed by atoms with Gasteiger partial charge in [0, 0.05) is 40.9 Å². The Morgan fingerprint density at radius 2 is 1.87 bits per heavy atom. The van der Waals surface area contributed by atoms with Crippen molar-refractivity contribution in [2.75, 3.05) is 17.2 Å². The van der Waals surface area contributed by atoms with E-state index in [4.69, 9.17) is 0 Å². The van der Waals surface area contributed by atoms with Crippen molar-refractivity contribution in [2.24, 2.45) is 0 Å². The zero-order valence-electron chi connectivity index (χ0n) is 12.3. The van der Waals surface area contributed by atoms with E-state index >= 15 is 0 Å². The molecule has 0 aliphatic rings. The first kappa shape index (κ1) is 17.0. The van der Waals surface area contributed by atoms with Crippen molar-refractivity contribution in [3.63, 3.8) is 0 Å². The molecule has 0 spiro atoms. The summed E-state index contributed by atoms with van der Waals surface area (Å²) in [4.78, 5) is 21.9. The molecule has 120 valence electrons. The van der Waals surface area contributed by atoms with Gasteiger partial charge in [-0.25, -0.2) is 0 Å². The van der Waals surface area contributed by atoms with Crippen LogP contribution in [0.15, 0.2) is 53.0 Å². The Balaban J connectivity index is 1.70. The quantitative estimate of drug-likeness (QED) is 0.430. The van der Waals surface area contributed by atoms with E-state index in [9.17, 15) is 14.9 Å². The fourth-order valence-corrected chi connectivity index (χ4v) is 2.37. The largest absolute Gasteiger partial charge is 0.385 e. The van der Waals surface area contributed by atoms with Crippen LogP contribution in [0.5, 0.6) is 0 Å². The number of amides is 1. The highest BCUT2D eigenvalue weighted by Crippen LogP contribution is 2.17. The number of hydrogen-bond acceptors (Lipinski definition) is 4. The highest BCUT2D eigenvalue weighted by Gasteiger charge is 2.05. The average Bonchev–Trinajstić information content (AvgIpc) is 2.52. The van der Waals surface area contributed by atoms with Gasteiger partial charge < -0.3 is 10.6 Å². The fraction of sp³-hybridized carbons (Fsp3) is 0.188. The molecule has 0 bridgehead atoms. The fourth-order valence-electron chi connectivity index (χ4n) is 1.97. The molecule has 0 heterocycles. The third-order valence-corrected chi connectivity index (χ3v) is 3.59. The number of nitro benzene ring substituents is 1. The Morgan fingerprint density at radius 1 is 1.13 bits per heavy atom. The van der Waals surface area contributed by atoms with Gasteiger partial charge in [-0.15, -0.1) is 0 Å². The molecule has 0 radical (unpaired) electrons. The van der Waals surface area contributed by atoms with Crippen LogP contribution >= 0.6 is 15.9 Å². The molecule has 0 saturated heterocycles. The highest BCUT2D eigenvalue weighted by atomic mass is 79.9. The van der Waals surface area contributed by atoms with Crippen LogP contribution in [0.1, 0.15) is 12.8 Å². The van der Waals surface area contributed by atoms with Crippen LogP contribution in [0.3, 0.4) is 0 Å². The van der Waals surface area contributed by atoms with Gasteiger partial charge >= 0.3 is 0 Å². The van der Waals surface area contributed by atoms with E-state index in [-0.39, 0.29) is 11.6 Å². The maximum absolute atomic E-state index is 11.8. The Bertz CT molecular complexity index is 689. The predicted molar refractivity (Wildman–Crippen MR) is 93.6 cm³/mol. The van der Waals surface area contributed by atoms with Crippen LogP contribution in [0.25, 0.3) is 0 Å². The van der Waals surface area contributed by atoms with Crippen LogP contribution in [0.4, 0.5) is 17.1 Å². The van der Waals surface area contributed by atoms with E-state index in [1.807, 2.05) is 24.3 Å². The summed E-state index contributed by atoms with van der Waals surface area (Å²) in [5, 5.41) is 16.5. The molecule has 0 unspecified atom stereocenters. The van der Waals surface area contributed by atoms with E-state index in [1.165, 1.54) is 12.1 Å². The Kier molecular flexibility index (Phi) is 6.10. The summed E-state index contributed by atoms with van der Waals surface area (Å²) in [6.45, 7) is 0.615. The normalized spacial score (nSPS) is 10.1. The van der Waals surface area contributed by atoms with Crippen LogP contribution in [-0.2, 0) is 4.79 Å². The average molecular weight is 378 g/mol. The summed E-state index contributed by atoms with van der Waals surface area (Å²) in [6.07, 6.45) is 1.06. The Labute approximate surface area is 142 Å². The van der Waals surface area contributed by atoms with Crippen LogP contribution in [-0.4, -0.2) is 17.4 Å². The molecule has 0 aromatic heterocycles. The molecule has 2 aromatic rings. The maximum Gasteiger partial charge on any atom is 0.269 e. The first-order valence-electron chi connectivity index (χ1n) is 7.08. The lowest BCUT2D eigenvalue weighted by atomic mass is 10.2. The minimum atomic E-state index is -0.434. The SMILES string of the molecule is O=C(CCCNc1ccc([N+](=O)[O-])cc1)Nc1cccc(Br)c1. The number of carbonyl (C=O) groups excluding carboxylic acids is 1. The first-order chi connectivity index (χ1) is 11.0. The predicted octanol–water partition coefficient (Wildman–Crippen LogP) is 4.19. The summed E-state index contributed by atoms with van der Waals surface area (Å²) in [6, 6.07) is 13.6. The number of nitrogens with one attached hydrogen (secondary N) is 2. The number of halogens is 1. The first-order valence-corrected chi connectivity index (χ1v) is 7.87. The van der Waals surface area contributed by atoms with Gasteiger partial charge in [0.1, 0.15) is 0 Å². The van der Waals surface area contributed by atoms with E-state index < -0.39 is 4.92 Å². The van der Waals surface area contributed by atoms with Gasteiger partial charge in [-0.2, -0.15) is 0 Å². The number of nitrogens with zero attached hydrogens (tertiary/aromatic N) is 1. The van der Waals surface area contributed by atoms with Crippen molar-refractivity contribution in [1.29, 1.82) is 0 Å². The smallest absolute Gasteiger partial charge is 0.269 e. The number of rotatable bonds is 7. The summed E-state index contributed by atoms with van der Waals surface area (Å²) in [5.74, 6) is -0.0476. The van der Waals surface area contributed by atoms with Crippen molar-refractivity contribution in [3.8, 4) is 0 Å². The molecule has 7 heteroatoms. The molecular weight excluding hydrogens is 362 g/mol. The third kappa shape index (κ3) is 5.71.